The summed E-state index contributed by atoms with van der Waals surface area (Å²) in [5, 5.41) is 0.762. The van der Waals surface area contributed by atoms with Crippen molar-refractivity contribution in [2.45, 2.75) is 20.3 Å². The lowest BCUT2D eigenvalue weighted by molar-refractivity contribution is -0.858. The van der Waals surface area contributed by atoms with Gasteiger partial charge in [-0.1, -0.05) is 17.4 Å². The Hall–Kier alpha value is -2.44. The van der Waals surface area contributed by atoms with Crippen molar-refractivity contribution in [2.75, 3.05) is 39.2 Å². The van der Waals surface area contributed by atoms with Gasteiger partial charge in [-0.3, -0.25) is 9.69 Å². The van der Waals surface area contributed by atoms with Crippen LogP contribution in [0.5, 0.6) is 5.75 Å². The molecule has 0 radical (unpaired) electrons. The second-order valence-electron chi connectivity index (χ2n) is 7.42. The van der Waals surface area contributed by atoms with Crippen LogP contribution in [0, 0.1) is 13.8 Å². The Morgan fingerprint density at radius 2 is 1.89 bits per heavy atom. The zero-order chi connectivity index (χ0) is 20.3. The second kappa shape index (κ2) is 8.71. The number of carbonyl (C=O) groups is 1. The van der Waals surface area contributed by atoms with Crippen molar-refractivity contribution >= 4 is 32.6 Å². The number of hydrogen-bond acceptors (Lipinski definition) is 4. The first kappa shape index (κ1) is 20.3. The highest BCUT2D eigenvalue weighted by Gasteiger charge is 2.22. The number of amides is 1. The summed E-state index contributed by atoms with van der Waals surface area (Å²) in [6, 6.07) is 11.5. The monoisotopic (exact) mass is 398 g/mol. The second-order valence-corrected chi connectivity index (χ2v) is 8.43. The molecular formula is C22H28N3O2S+. The van der Waals surface area contributed by atoms with Crippen LogP contribution in [0.15, 0.2) is 36.4 Å². The molecule has 3 rings (SSSR count). The molecule has 0 aliphatic rings. The molecule has 0 bridgehead atoms. The highest BCUT2D eigenvalue weighted by molar-refractivity contribution is 7.22. The van der Waals surface area contributed by atoms with E-state index in [1.54, 1.807) is 18.4 Å². The minimum atomic E-state index is -0.0233. The maximum absolute atomic E-state index is 13.3. The zero-order valence-electron chi connectivity index (χ0n) is 17.2. The fourth-order valence-corrected chi connectivity index (χ4v) is 4.40. The van der Waals surface area contributed by atoms with Crippen LogP contribution in [0.1, 0.15) is 27.9 Å². The fourth-order valence-electron chi connectivity index (χ4n) is 3.24. The number of ether oxygens (including phenoxy) is 1. The van der Waals surface area contributed by atoms with Crippen LogP contribution < -0.4 is 14.5 Å². The number of methoxy groups -OCH3 is 1. The van der Waals surface area contributed by atoms with Crippen LogP contribution in [0.25, 0.3) is 10.2 Å². The summed E-state index contributed by atoms with van der Waals surface area (Å²) in [7, 11) is 5.87. The average molecular weight is 399 g/mol. The number of rotatable bonds is 7. The quantitative estimate of drug-likeness (QED) is 0.665. The van der Waals surface area contributed by atoms with Crippen LogP contribution in [0.3, 0.4) is 0 Å². The van der Waals surface area contributed by atoms with Crippen LogP contribution in [0.4, 0.5) is 5.13 Å². The molecule has 0 saturated heterocycles. The SMILES string of the molecule is COc1ccc(C(=O)N(CCC[NH+](C)C)c2nc3c(C)cc(C)cc3s2)cc1. The highest BCUT2D eigenvalue weighted by atomic mass is 32.1. The Labute approximate surface area is 170 Å². The van der Waals surface area contributed by atoms with Gasteiger partial charge in [0.2, 0.25) is 0 Å². The van der Waals surface area contributed by atoms with E-state index in [0.29, 0.717) is 12.1 Å². The Balaban J connectivity index is 1.95. The van der Waals surface area contributed by atoms with Crippen molar-refractivity contribution < 1.29 is 14.4 Å². The summed E-state index contributed by atoms with van der Waals surface area (Å²) in [6.07, 6.45) is 0.915. The molecular weight excluding hydrogens is 370 g/mol. The van der Waals surface area contributed by atoms with E-state index in [2.05, 4.69) is 40.1 Å². The van der Waals surface area contributed by atoms with Crippen molar-refractivity contribution in [2.24, 2.45) is 0 Å². The Kier molecular flexibility index (Phi) is 6.31. The van der Waals surface area contributed by atoms with Crippen molar-refractivity contribution in [3.63, 3.8) is 0 Å². The predicted molar refractivity (Wildman–Crippen MR) is 116 cm³/mol. The van der Waals surface area contributed by atoms with E-state index >= 15 is 0 Å². The highest BCUT2D eigenvalue weighted by Crippen LogP contribution is 2.32. The van der Waals surface area contributed by atoms with E-state index in [1.165, 1.54) is 10.5 Å². The minimum Gasteiger partial charge on any atom is -0.497 e. The van der Waals surface area contributed by atoms with E-state index < -0.39 is 0 Å². The first-order valence-electron chi connectivity index (χ1n) is 9.52. The van der Waals surface area contributed by atoms with E-state index in [0.717, 1.165) is 39.6 Å². The first-order chi connectivity index (χ1) is 13.4. The molecule has 0 spiro atoms. The molecule has 0 aliphatic heterocycles. The van der Waals surface area contributed by atoms with Crippen molar-refractivity contribution in [3.8, 4) is 5.75 Å². The summed E-state index contributed by atoms with van der Waals surface area (Å²) < 4.78 is 6.33. The summed E-state index contributed by atoms with van der Waals surface area (Å²) in [6.45, 7) is 5.80. The zero-order valence-corrected chi connectivity index (χ0v) is 18.0. The summed E-state index contributed by atoms with van der Waals surface area (Å²) >= 11 is 1.59. The van der Waals surface area contributed by atoms with Crippen LogP contribution in [-0.2, 0) is 0 Å². The normalized spacial score (nSPS) is 11.2. The maximum Gasteiger partial charge on any atom is 0.260 e. The Morgan fingerprint density at radius 3 is 2.54 bits per heavy atom. The number of quaternary nitrogens is 1. The van der Waals surface area contributed by atoms with Gasteiger partial charge in [0.15, 0.2) is 5.13 Å². The molecule has 0 fully saturated rings. The van der Waals surface area contributed by atoms with Gasteiger partial charge >= 0.3 is 0 Å². The third-order valence-corrected chi connectivity index (χ3v) is 5.72. The number of aryl methyl sites for hydroxylation is 2. The molecule has 2 aromatic carbocycles. The van der Waals surface area contributed by atoms with Crippen LogP contribution >= 0.6 is 11.3 Å². The summed E-state index contributed by atoms with van der Waals surface area (Å²) in [5.41, 5.74) is 3.98. The number of hydrogen-bond donors (Lipinski definition) is 1. The van der Waals surface area contributed by atoms with Gasteiger partial charge in [0.05, 0.1) is 38.0 Å². The lowest BCUT2D eigenvalue weighted by atomic mass is 10.1. The molecule has 1 N–H and O–H groups in total. The number of nitrogens with zero attached hydrogens (tertiary/aromatic N) is 2. The lowest BCUT2D eigenvalue weighted by Gasteiger charge is -2.20. The molecule has 6 heteroatoms. The van der Waals surface area contributed by atoms with Gasteiger partial charge in [0.1, 0.15) is 5.75 Å². The molecule has 148 valence electrons. The molecule has 1 aromatic heterocycles. The first-order valence-corrected chi connectivity index (χ1v) is 10.3. The topological polar surface area (TPSA) is 46.9 Å². The number of thiazole rings is 1. The van der Waals surface area contributed by atoms with Gasteiger partial charge in [-0.15, -0.1) is 0 Å². The molecule has 0 saturated carbocycles. The number of fused-ring (bicyclic) bond motifs is 1. The number of aromatic nitrogens is 1. The van der Waals surface area contributed by atoms with Gasteiger partial charge in [-0.05, 0) is 55.3 Å². The molecule has 0 aliphatic carbocycles. The molecule has 3 aromatic rings. The number of anilines is 1. The number of benzene rings is 2. The standard InChI is InChI=1S/C22H27N3O2S/c1-15-13-16(2)20-19(14-15)28-22(23-20)25(12-6-11-24(3)4)21(26)17-7-9-18(27-5)10-8-17/h7-10,13-14H,6,11-12H2,1-5H3/p+1. The minimum absolute atomic E-state index is 0.0233. The lowest BCUT2D eigenvalue weighted by Crippen LogP contribution is -3.05. The van der Waals surface area contributed by atoms with Gasteiger partial charge in [0, 0.05) is 18.5 Å². The van der Waals surface area contributed by atoms with Crippen molar-refractivity contribution in [1.29, 1.82) is 0 Å². The Bertz CT molecular complexity index is 964. The predicted octanol–water partition coefficient (Wildman–Crippen LogP) is 3.10. The molecule has 1 heterocycles. The van der Waals surface area contributed by atoms with Gasteiger partial charge in [0.25, 0.3) is 5.91 Å². The largest absolute Gasteiger partial charge is 0.497 e. The fraction of sp³-hybridized carbons (Fsp3) is 0.364. The molecule has 28 heavy (non-hydrogen) atoms. The average Bonchev–Trinajstić information content (AvgIpc) is 3.08. The summed E-state index contributed by atoms with van der Waals surface area (Å²) in [5.74, 6) is 0.718. The van der Waals surface area contributed by atoms with Crippen molar-refractivity contribution in [3.05, 3.63) is 53.1 Å². The van der Waals surface area contributed by atoms with Gasteiger partial charge in [-0.2, -0.15) is 0 Å². The third-order valence-electron chi connectivity index (χ3n) is 4.69. The number of nitrogens with one attached hydrogen (secondary N) is 1. The van der Waals surface area contributed by atoms with Gasteiger partial charge in [-0.25, -0.2) is 4.98 Å². The van der Waals surface area contributed by atoms with E-state index in [9.17, 15) is 4.79 Å². The molecule has 5 nitrogen and oxygen atoms in total. The van der Waals surface area contributed by atoms with Crippen molar-refractivity contribution in [1.82, 2.24) is 4.98 Å². The molecule has 0 atom stereocenters. The van der Waals surface area contributed by atoms with Crippen LogP contribution in [0.2, 0.25) is 0 Å². The molecule has 1 amide bonds. The number of carbonyl (C=O) groups excluding carboxylic acids is 1. The summed E-state index contributed by atoms with van der Waals surface area (Å²) in [4.78, 5) is 21.3. The molecule has 0 unspecified atom stereocenters. The van der Waals surface area contributed by atoms with Gasteiger partial charge < -0.3 is 9.64 Å². The Morgan fingerprint density at radius 1 is 1.18 bits per heavy atom. The van der Waals surface area contributed by atoms with Crippen LogP contribution in [-0.4, -0.2) is 45.2 Å². The third kappa shape index (κ3) is 4.51. The van der Waals surface area contributed by atoms with E-state index in [1.807, 2.05) is 29.2 Å². The van der Waals surface area contributed by atoms with E-state index in [4.69, 9.17) is 9.72 Å². The maximum atomic E-state index is 13.3. The van der Waals surface area contributed by atoms with E-state index in [-0.39, 0.29) is 5.91 Å². The smallest absolute Gasteiger partial charge is 0.260 e.